The number of nitrogens with one attached hydrogen (secondary N) is 1. The lowest BCUT2D eigenvalue weighted by Gasteiger charge is -2.20. The Hall–Kier alpha value is -1.14. The molecule has 1 aromatic rings. The number of thiocarbonyl (C=S) groups is 1. The van der Waals surface area contributed by atoms with Gasteiger partial charge in [0.15, 0.2) is 5.11 Å². The minimum absolute atomic E-state index is 0.167. The van der Waals surface area contributed by atoms with E-state index in [4.69, 9.17) is 18.0 Å². The summed E-state index contributed by atoms with van der Waals surface area (Å²) in [6.07, 6.45) is 0. The molecule has 0 spiro atoms. The zero-order valence-electron chi connectivity index (χ0n) is 10.2. The Morgan fingerprint density at radius 2 is 2.29 bits per heavy atom. The summed E-state index contributed by atoms with van der Waals surface area (Å²) in [5.41, 5.74) is 8.79. The highest BCUT2D eigenvalue weighted by Crippen LogP contribution is 2.22. The second-order valence-corrected chi connectivity index (χ2v) is 5.28. The van der Waals surface area contributed by atoms with Crippen molar-refractivity contribution in [2.24, 2.45) is 5.73 Å². The lowest BCUT2D eigenvalue weighted by atomic mass is 10.1. The van der Waals surface area contributed by atoms with Crippen LogP contribution in [0.1, 0.15) is 41.9 Å². The second-order valence-electron chi connectivity index (χ2n) is 3.92. The van der Waals surface area contributed by atoms with Crippen molar-refractivity contribution in [1.82, 2.24) is 10.4 Å². The smallest absolute Gasteiger partial charge is 0.270 e. The standard InChI is InChI=1S/C11H17N3OS2/c1-4-14(11(12)16)13-10(15)8-5-9(7(2)3)17-6-8/h5-7H,4H2,1-3H3,(H2,12,16)(H,13,15). The van der Waals surface area contributed by atoms with Crippen LogP contribution in [0.15, 0.2) is 11.4 Å². The fourth-order valence-corrected chi connectivity index (χ4v) is 2.33. The van der Waals surface area contributed by atoms with Crippen molar-refractivity contribution in [2.75, 3.05) is 6.54 Å². The Morgan fingerprint density at radius 3 is 2.71 bits per heavy atom. The van der Waals surface area contributed by atoms with Gasteiger partial charge in [0.25, 0.3) is 5.91 Å². The monoisotopic (exact) mass is 271 g/mol. The number of carbonyl (C=O) groups excluding carboxylic acids is 1. The third kappa shape index (κ3) is 3.67. The molecule has 0 aliphatic rings. The third-order valence-corrected chi connectivity index (χ3v) is 3.72. The second kappa shape index (κ2) is 5.97. The van der Waals surface area contributed by atoms with Crippen LogP contribution in [-0.2, 0) is 0 Å². The van der Waals surface area contributed by atoms with Gasteiger partial charge in [0.1, 0.15) is 0 Å². The molecule has 1 heterocycles. The number of hydrazine groups is 1. The lowest BCUT2D eigenvalue weighted by molar-refractivity contribution is 0.0875. The number of hydrogen-bond acceptors (Lipinski definition) is 3. The molecule has 4 nitrogen and oxygen atoms in total. The van der Waals surface area contributed by atoms with Crippen LogP contribution in [0.2, 0.25) is 0 Å². The van der Waals surface area contributed by atoms with E-state index in [9.17, 15) is 4.79 Å². The lowest BCUT2D eigenvalue weighted by Crippen LogP contribution is -2.48. The molecule has 0 aliphatic carbocycles. The molecule has 3 N–H and O–H groups in total. The van der Waals surface area contributed by atoms with Crippen LogP contribution in [0.4, 0.5) is 0 Å². The fraction of sp³-hybridized carbons (Fsp3) is 0.455. The molecule has 0 saturated carbocycles. The van der Waals surface area contributed by atoms with Gasteiger partial charge in [-0.2, -0.15) is 0 Å². The molecule has 0 radical (unpaired) electrons. The van der Waals surface area contributed by atoms with E-state index < -0.39 is 0 Å². The van der Waals surface area contributed by atoms with E-state index in [1.54, 1.807) is 11.3 Å². The van der Waals surface area contributed by atoms with Gasteiger partial charge in [-0.1, -0.05) is 13.8 Å². The molecule has 0 saturated heterocycles. The molecule has 94 valence electrons. The summed E-state index contributed by atoms with van der Waals surface area (Å²) in [5, 5.41) is 3.46. The maximum absolute atomic E-state index is 11.9. The topological polar surface area (TPSA) is 58.4 Å². The van der Waals surface area contributed by atoms with Crippen molar-refractivity contribution in [1.29, 1.82) is 0 Å². The summed E-state index contributed by atoms with van der Waals surface area (Å²) >= 11 is 6.41. The van der Waals surface area contributed by atoms with Gasteiger partial charge in [-0.05, 0) is 31.1 Å². The van der Waals surface area contributed by atoms with Crippen molar-refractivity contribution in [2.45, 2.75) is 26.7 Å². The van der Waals surface area contributed by atoms with Gasteiger partial charge < -0.3 is 5.73 Å². The number of hydrogen-bond donors (Lipinski definition) is 2. The highest BCUT2D eigenvalue weighted by molar-refractivity contribution is 7.80. The predicted molar refractivity (Wildman–Crippen MR) is 75.0 cm³/mol. The van der Waals surface area contributed by atoms with Gasteiger partial charge >= 0.3 is 0 Å². The van der Waals surface area contributed by atoms with Gasteiger partial charge in [-0.3, -0.25) is 15.2 Å². The van der Waals surface area contributed by atoms with E-state index in [1.807, 2.05) is 18.4 Å². The van der Waals surface area contributed by atoms with Crippen molar-refractivity contribution < 1.29 is 4.79 Å². The highest BCUT2D eigenvalue weighted by Gasteiger charge is 2.13. The van der Waals surface area contributed by atoms with Gasteiger partial charge in [0, 0.05) is 16.8 Å². The summed E-state index contributed by atoms with van der Waals surface area (Å²) in [7, 11) is 0. The molecular formula is C11H17N3OS2. The molecule has 1 amide bonds. The molecule has 1 rings (SSSR count). The maximum atomic E-state index is 11.9. The highest BCUT2D eigenvalue weighted by atomic mass is 32.1. The van der Waals surface area contributed by atoms with Crippen LogP contribution in [0.5, 0.6) is 0 Å². The summed E-state index contributed by atoms with van der Waals surface area (Å²) in [6, 6.07) is 1.90. The van der Waals surface area contributed by atoms with Crippen LogP contribution < -0.4 is 11.2 Å². The molecule has 0 fully saturated rings. The van der Waals surface area contributed by atoms with Crippen LogP contribution in [0, 0.1) is 0 Å². The molecule has 6 heteroatoms. The Labute approximate surface area is 111 Å². The maximum Gasteiger partial charge on any atom is 0.270 e. The van der Waals surface area contributed by atoms with E-state index in [2.05, 4.69) is 19.3 Å². The Kier molecular flexibility index (Phi) is 4.89. The van der Waals surface area contributed by atoms with E-state index in [0.717, 1.165) is 0 Å². The van der Waals surface area contributed by atoms with E-state index in [-0.39, 0.29) is 11.0 Å². The molecular weight excluding hydrogens is 254 g/mol. The van der Waals surface area contributed by atoms with Crippen LogP contribution in [0.25, 0.3) is 0 Å². The zero-order chi connectivity index (χ0) is 13.0. The Balaban J connectivity index is 2.72. The molecule has 0 unspecified atom stereocenters. The fourth-order valence-electron chi connectivity index (χ4n) is 1.25. The minimum Gasteiger partial charge on any atom is -0.375 e. The SMILES string of the molecule is CCN(NC(=O)c1csc(C(C)C)c1)C(N)=S. The van der Waals surface area contributed by atoms with E-state index in [1.165, 1.54) is 9.89 Å². The molecule has 1 aromatic heterocycles. The van der Waals surface area contributed by atoms with Crippen molar-refractivity contribution in [3.8, 4) is 0 Å². The number of nitrogens with two attached hydrogens (primary N) is 1. The molecule has 17 heavy (non-hydrogen) atoms. The van der Waals surface area contributed by atoms with Crippen LogP contribution >= 0.6 is 23.6 Å². The first kappa shape index (κ1) is 13.9. The van der Waals surface area contributed by atoms with Crippen LogP contribution in [0.3, 0.4) is 0 Å². The first-order valence-electron chi connectivity index (χ1n) is 5.42. The number of nitrogens with zero attached hydrogens (tertiary/aromatic N) is 1. The van der Waals surface area contributed by atoms with Gasteiger partial charge in [0.2, 0.25) is 0 Å². The van der Waals surface area contributed by atoms with Gasteiger partial charge in [0.05, 0.1) is 5.56 Å². The third-order valence-electron chi connectivity index (χ3n) is 2.27. The first-order chi connectivity index (χ1) is 7.95. The normalized spacial score (nSPS) is 10.4. The molecule has 0 aliphatic heterocycles. The summed E-state index contributed by atoms with van der Waals surface area (Å²) in [5.74, 6) is 0.252. The first-order valence-corrected chi connectivity index (χ1v) is 6.70. The number of rotatable bonds is 3. The molecule has 0 aromatic carbocycles. The number of thiophene rings is 1. The van der Waals surface area contributed by atoms with Gasteiger partial charge in [-0.25, -0.2) is 0 Å². The predicted octanol–water partition coefficient (Wildman–Crippen LogP) is 2.08. The van der Waals surface area contributed by atoms with Gasteiger partial charge in [-0.15, -0.1) is 11.3 Å². The number of amides is 1. The Bertz CT molecular complexity index is 415. The number of carbonyl (C=O) groups is 1. The van der Waals surface area contributed by atoms with E-state index >= 15 is 0 Å². The average Bonchev–Trinajstić information content (AvgIpc) is 2.74. The average molecular weight is 271 g/mol. The zero-order valence-corrected chi connectivity index (χ0v) is 11.8. The summed E-state index contributed by atoms with van der Waals surface area (Å²) in [4.78, 5) is 13.1. The van der Waals surface area contributed by atoms with E-state index in [0.29, 0.717) is 18.0 Å². The summed E-state index contributed by atoms with van der Waals surface area (Å²) < 4.78 is 0. The van der Waals surface area contributed by atoms with Crippen molar-refractivity contribution >= 4 is 34.6 Å². The van der Waals surface area contributed by atoms with Crippen molar-refractivity contribution in [3.05, 3.63) is 21.9 Å². The summed E-state index contributed by atoms with van der Waals surface area (Å²) in [6.45, 7) is 6.61. The quantitative estimate of drug-likeness (QED) is 0.653. The van der Waals surface area contributed by atoms with Crippen LogP contribution in [-0.4, -0.2) is 22.6 Å². The largest absolute Gasteiger partial charge is 0.375 e. The van der Waals surface area contributed by atoms with Crippen molar-refractivity contribution in [3.63, 3.8) is 0 Å². The Morgan fingerprint density at radius 1 is 1.65 bits per heavy atom. The minimum atomic E-state index is -0.178. The molecule has 0 atom stereocenters. The molecule has 0 bridgehead atoms.